The Kier molecular flexibility index (Phi) is 9.59. The summed E-state index contributed by atoms with van der Waals surface area (Å²) in [7, 11) is 0. The van der Waals surface area contributed by atoms with E-state index in [9.17, 15) is 0 Å². The van der Waals surface area contributed by atoms with Crippen LogP contribution < -0.4 is 14.5 Å². The van der Waals surface area contributed by atoms with Gasteiger partial charge < -0.3 is 14.5 Å². The quantitative estimate of drug-likeness (QED) is 0.151. The third-order valence-corrected chi connectivity index (χ3v) is 16.0. The van der Waals surface area contributed by atoms with Gasteiger partial charge in [-0.05, 0) is 138 Å². The number of para-hydroxylation sites is 3. The van der Waals surface area contributed by atoms with Crippen LogP contribution in [0.25, 0.3) is 66.4 Å². The zero-order chi connectivity index (χ0) is 49.0. The van der Waals surface area contributed by atoms with Gasteiger partial charge in [-0.1, -0.05) is 210 Å². The lowest BCUT2D eigenvalue weighted by Crippen LogP contribution is -2.16. The first-order valence-electron chi connectivity index (χ1n) is 25.5. The molecule has 0 saturated heterocycles. The fraction of sp³-hybridized carbons (Fsp3) is 0.0857. The van der Waals surface area contributed by atoms with Gasteiger partial charge in [-0.3, -0.25) is 0 Å². The molecule has 348 valence electrons. The lowest BCUT2D eigenvalue weighted by atomic mass is 9.79. The fourth-order valence-corrected chi connectivity index (χ4v) is 12.7. The summed E-state index contributed by atoms with van der Waals surface area (Å²) in [5.41, 5.74) is 23.8. The van der Waals surface area contributed by atoms with E-state index < -0.39 is 0 Å². The highest BCUT2D eigenvalue weighted by atomic mass is 16.5. The van der Waals surface area contributed by atoms with Crippen LogP contribution in [0.4, 0.5) is 34.1 Å². The van der Waals surface area contributed by atoms with Crippen LogP contribution >= 0.6 is 0 Å². The highest BCUT2D eigenvalue weighted by molar-refractivity contribution is 6.09. The number of anilines is 6. The summed E-state index contributed by atoms with van der Waals surface area (Å²) in [6.45, 7) is 9.47. The predicted octanol–water partition coefficient (Wildman–Crippen LogP) is 19.5. The third-order valence-electron chi connectivity index (χ3n) is 16.0. The lowest BCUT2D eigenvalue weighted by Gasteiger charge is -2.33. The van der Waals surface area contributed by atoms with E-state index in [0.29, 0.717) is 0 Å². The fourth-order valence-electron chi connectivity index (χ4n) is 12.7. The predicted molar refractivity (Wildman–Crippen MR) is 305 cm³/mol. The van der Waals surface area contributed by atoms with Crippen molar-refractivity contribution in [3.63, 3.8) is 0 Å². The number of rotatable bonds is 8. The lowest BCUT2D eigenvalue weighted by molar-refractivity contribution is 0.489. The Hall–Kier alpha value is -8.92. The smallest absolute Gasteiger partial charge is 0.160 e. The summed E-state index contributed by atoms with van der Waals surface area (Å²) in [6, 6.07) is 88.6. The molecule has 1 heterocycles. The maximum atomic E-state index is 7.57. The first-order chi connectivity index (χ1) is 35.8. The molecule has 0 unspecified atom stereocenters. The zero-order valence-corrected chi connectivity index (χ0v) is 41.4. The molecular weight excluding hydrogens is 885 g/mol. The molecule has 73 heavy (non-hydrogen) atoms. The number of hydrogen-bond donors (Lipinski definition) is 0. The molecule has 2 aliphatic carbocycles. The standard InChI is InChI=1S/C70H52N2O/c1-69(2)60-32-13-11-24-54(60)57-29-16-26-52(65(57)69)45-35-40-50(41-36-45)72(51-42-37-46(38-43-51)53-27-17-30-58-55-25-12-14-33-61(55)70(3,4)66(53)58)63-44-39-47-19-15-28-56-59-31-18-34-62(67(59)73-68(63)64(47)56)71(48-20-7-5-8-21-48)49-22-9-6-10-23-49/h5-44H,1-4H3. The highest BCUT2D eigenvalue weighted by Gasteiger charge is 2.39. The minimum atomic E-state index is -0.138. The van der Waals surface area contributed by atoms with Crippen LogP contribution in [0, 0.1) is 0 Å². The molecule has 0 amide bonds. The van der Waals surface area contributed by atoms with Crippen LogP contribution in [0.15, 0.2) is 243 Å². The molecule has 0 atom stereocenters. The molecule has 3 aliphatic rings. The van der Waals surface area contributed by atoms with Crippen LogP contribution in [0.5, 0.6) is 11.5 Å². The van der Waals surface area contributed by atoms with Crippen molar-refractivity contribution in [2.45, 2.75) is 38.5 Å². The number of benzene rings is 11. The van der Waals surface area contributed by atoms with E-state index in [0.717, 1.165) is 67.5 Å². The molecule has 14 rings (SSSR count). The second-order valence-electron chi connectivity index (χ2n) is 20.8. The molecule has 0 aromatic heterocycles. The summed E-state index contributed by atoms with van der Waals surface area (Å²) in [6.07, 6.45) is 0. The average Bonchev–Trinajstić information content (AvgIpc) is 3.82. The van der Waals surface area contributed by atoms with E-state index >= 15 is 0 Å². The van der Waals surface area contributed by atoms with E-state index in [4.69, 9.17) is 4.74 Å². The number of fused-ring (bicyclic) bond motifs is 8. The summed E-state index contributed by atoms with van der Waals surface area (Å²) >= 11 is 0. The van der Waals surface area contributed by atoms with Gasteiger partial charge in [0.1, 0.15) is 0 Å². The van der Waals surface area contributed by atoms with Gasteiger partial charge in [0, 0.05) is 44.5 Å². The Morgan fingerprint density at radius 2 is 0.685 bits per heavy atom. The third kappa shape index (κ3) is 6.51. The maximum absolute atomic E-state index is 7.57. The van der Waals surface area contributed by atoms with E-state index in [1.807, 2.05) is 0 Å². The monoisotopic (exact) mass is 936 g/mol. The second-order valence-corrected chi connectivity index (χ2v) is 20.8. The van der Waals surface area contributed by atoms with Gasteiger partial charge in [0.15, 0.2) is 11.5 Å². The van der Waals surface area contributed by atoms with Crippen LogP contribution in [0.3, 0.4) is 0 Å². The van der Waals surface area contributed by atoms with Gasteiger partial charge in [0.25, 0.3) is 0 Å². The Morgan fingerprint density at radius 1 is 0.288 bits per heavy atom. The van der Waals surface area contributed by atoms with Gasteiger partial charge in [-0.2, -0.15) is 0 Å². The molecule has 1 aliphatic heterocycles. The van der Waals surface area contributed by atoms with Crippen LogP contribution in [-0.4, -0.2) is 0 Å². The molecule has 0 spiro atoms. The van der Waals surface area contributed by atoms with E-state index in [2.05, 4.69) is 280 Å². The molecule has 3 heteroatoms. The largest absolute Gasteiger partial charge is 0.452 e. The van der Waals surface area contributed by atoms with Gasteiger partial charge in [-0.25, -0.2) is 0 Å². The maximum Gasteiger partial charge on any atom is 0.160 e. The van der Waals surface area contributed by atoms with Gasteiger partial charge in [0.05, 0.1) is 11.4 Å². The highest BCUT2D eigenvalue weighted by Crippen LogP contribution is 2.58. The molecule has 3 nitrogen and oxygen atoms in total. The van der Waals surface area contributed by atoms with E-state index in [-0.39, 0.29) is 10.8 Å². The zero-order valence-electron chi connectivity index (χ0n) is 41.4. The molecule has 11 aromatic carbocycles. The molecule has 0 saturated carbocycles. The molecule has 0 bridgehead atoms. The Balaban J connectivity index is 0.943. The van der Waals surface area contributed by atoms with Crippen molar-refractivity contribution >= 4 is 44.9 Å². The minimum absolute atomic E-state index is 0.138. The first kappa shape index (κ1) is 42.9. The summed E-state index contributed by atoms with van der Waals surface area (Å²) in [5.74, 6) is 1.64. The number of ether oxygens (including phenoxy) is 1. The Bertz CT molecular complexity index is 3790. The summed E-state index contributed by atoms with van der Waals surface area (Å²) < 4.78 is 7.57. The van der Waals surface area contributed by atoms with Crippen LogP contribution in [0.2, 0.25) is 0 Å². The van der Waals surface area contributed by atoms with Gasteiger partial charge in [-0.15, -0.1) is 0 Å². The number of nitrogens with zero attached hydrogens (tertiary/aromatic N) is 2. The molecule has 0 N–H and O–H groups in total. The van der Waals surface area contributed by atoms with Crippen molar-refractivity contribution < 1.29 is 4.74 Å². The SMILES string of the molecule is CC1(C)c2ccccc2-c2cccc(-c3ccc(N(c4ccc(-c5cccc6c5C(C)(C)c5ccccc5-6)cc4)c4ccc5cccc6c5c4Oc4c-6cccc4N(c4ccccc4)c4ccccc4)cc3)c21. The summed E-state index contributed by atoms with van der Waals surface area (Å²) in [4.78, 5) is 4.70. The second kappa shape index (κ2) is 16.3. The van der Waals surface area contributed by atoms with Crippen molar-refractivity contribution in [1.29, 1.82) is 0 Å². The first-order valence-corrected chi connectivity index (χ1v) is 25.5. The number of hydrogen-bond acceptors (Lipinski definition) is 3. The molecular formula is C70H52N2O. The van der Waals surface area contributed by atoms with E-state index in [1.54, 1.807) is 0 Å². The molecule has 11 aromatic rings. The van der Waals surface area contributed by atoms with Crippen LogP contribution in [-0.2, 0) is 10.8 Å². The molecule has 0 radical (unpaired) electrons. The summed E-state index contributed by atoms with van der Waals surface area (Å²) in [5, 5.41) is 2.22. The Labute approximate surface area is 427 Å². The van der Waals surface area contributed by atoms with Gasteiger partial charge in [0.2, 0.25) is 0 Å². The minimum Gasteiger partial charge on any atom is -0.452 e. The Morgan fingerprint density at radius 3 is 1.22 bits per heavy atom. The van der Waals surface area contributed by atoms with Crippen molar-refractivity contribution in [2.24, 2.45) is 0 Å². The van der Waals surface area contributed by atoms with Gasteiger partial charge >= 0.3 is 0 Å². The van der Waals surface area contributed by atoms with E-state index in [1.165, 1.54) is 66.8 Å². The van der Waals surface area contributed by atoms with Crippen molar-refractivity contribution in [1.82, 2.24) is 0 Å². The molecule has 0 fully saturated rings. The van der Waals surface area contributed by atoms with Crippen molar-refractivity contribution in [3.8, 4) is 67.1 Å². The van der Waals surface area contributed by atoms with Crippen LogP contribution in [0.1, 0.15) is 49.9 Å². The van der Waals surface area contributed by atoms with Crippen molar-refractivity contribution in [2.75, 3.05) is 9.80 Å². The topological polar surface area (TPSA) is 15.7 Å². The van der Waals surface area contributed by atoms with Crippen molar-refractivity contribution in [3.05, 3.63) is 265 Å². The average molecular weight is 937 g/mol. The normalized spacial score (nSPS) is 13.8.